The zero-order chi connectivity index (χ0) is 22.6. The predicted octanol–water partition coefficient (Wildman–Crippen LogP) is 0.101. The minimum atomic E-state index is -1.57. The number of ether oxygens (including phenoxy) is 4. The first-order valence-electron chi connectivity index (χ1n) is 10.0. The van der Waals surface area contributed by atoms with Crippen molar-refractivity contribution in [1.29, 1.82) is 0 Å². The Morgan fingerprint density at radius 2 is 0.733 bits per heavy atom. The zero-order valence-corrected chi connectivity index (χ0v) is 17.4. The van der Waals surface area contributed by atoms with Crippen LogP contribution in [0.2, 0.25) is 0 Å². The average molecular weight is 426 g/mol. The van der Waals surface area contributed by atoms with E-state index in [1.165, 1.54) is 27.7 Å². The quantitative estimate of drug-likeness (QED) is 0.298. The smallest absolute Gasteiger partial charge is 0.316 e. The highest BCUT2D eigenvalue weighted by Crippen LogP contribution is 2.54. The lowest BCUT2D eigenvalue weighted by Gasteiger charge is -2.21. The zero-order valence-electron chi connectivity index (χ0n) is 17.4. The van der Waals surface area contributed by atoms with Crippen LogP contribution >= 0.6 is 0 Å². The molecule has 4 atom stereocenters. The summed E-state index contributed by atoms with van der Waals surface area (Å²) in [4.78, 5) is 76.5. The molecule has 0 aromatic carbocycles. The molecule has 10 nitrogen and oxygen atoms in total. The third-order valence-corrected chi connectivity index (χ3v) is 5.37. The van der Waals surface area contributed by atoms with Gasteiger partial charge in [-0.1, -0.05) is 0 Å². The third kappa shape index (κ3) is 3.95. The number of esters is 4. The van der Waals surface area contributed by atoms with Crippen LogP contribution in [0.15, 0.2) is 0 Å². The summed E-state index contributed by atoms with van der Waals surface area (Å²) in [7, 11) is 0. The maximum Gasteiger partial charge on any atom is 0.316 e. The Bertz CT molecular complexity index is 624. The summed E-state index contributed by atoms with van der Waals surface area (Å²) in [6, 6.07) is 0. The molecule has 30 heavy (non-hydrogen) atoms. The minimum absolute atomic E-state index is 0.0522. The molecule has 2 fully saturated rings. The van der Waals surface area contributed by atoms with Gasteiger partial charge < -0.3 is 18.9 Å². The van der Waals surface area contributed by atoms with Gasteiger partial charge in [-0.05, 0) is 27.7 Å². The first-order chi connectivity index (χ1) is 14.3. The fraction of sp³-hybridized carbons (Fsp3) is 0.700. The number of carbonyl (C=O) groups excluding carboxylic acids is 6. The second-order valence-corrected chi connectivity index (χ2v) is 6.88. The molecule has 2 aliphatic carbocycles. The first kappa shape index (κ1) is 23.5. The molecule has 166 valence electrons. The molecule has 0 saturated heterocycles. The SMILES string of the molecule is CCOC(=O)[C@@H]1C(=O)[C@H](C(=O)OCC)C2C1[C@H](C(=O)OCC)C(=O)[C@@H]2C(=O)OCC. The van der Waals surface area contributed by atoms with E-state index in [0.717, 1.165) is 0 Å². The molecular weight excluding hydrogens is 400 g/mol. The van der Waals surface area contributed by atoms with Crippen molar-refractivity contribution in [3.05, 3.63) is 0 Å². The van der Waals surface area contributed by atoms with Gasteiger partial charge in [-0.15, -0.1) is 0 Å². The van der Waals surface area contributed by atoms with Gasteiger partial charge in [0, 0.05) is 11.8 Å². The normalized spacial score (nSPS) is 29.9. The van der Waals surface area contributed by atoms with Gasteiger partial charge in [0.05, 0.1) is 26.4 Å². The molecular formula is C20H26O10. The summed E-state index contributed by atoms with van der Waals surface area (Å²) >= 11 is 0. The van der Waals surface area contributed by atoms with Crippen molar-refractivity contribution >= 4 is 35.4 Å². The topological polar surface area (TPSA) is 139 Å². The fourth-order valence-electron chi connectivity index (χ4n) is 4.44. The maximum atomic E-state index is 13.1. The summed E-state index contributed by atoms with van der Waals surface area (Å²) in [5.41, 5.74) is 0. The summed E-state index contributed by atoms with van der Waals surface area (Å²) in [6.45, 7) is 5.91. The third-order valence-electron chi connectivity index (χ3n) is 5.37. The van der Waals surface area contributed by atoms with Gasteiger partial charge in [-0.25, -0.2) is 0 Å². The van der Waals surface area contributed by atoms with E-state index in [1.807, 2.05) is 0 Å². The summed E-state index contributed by atoms with van der Waals surface area (Å²) in [5.74, 6) is -14.3. The molecule has 0 aliphatic heterocycles. The van der Waals surface area contributed by atoms with Gasteiger partial charge in [-0.3, -0.25) is 28.8 Å². The van der Waals surface area contributed by atoms with E-state index in [4.69, 9.17) is 18.9 Å². The van der Waals surface area contributed by atoms with Crippen LogP contribution in [-0.2, 0) is 47.7 Å². The van der Waals surface area contributed by atoms with E-state index in [1.54, 1.807) is 0 Å². The average Bonchev–Trinajstić information content (AvgIpc) is 3.11. The van der Waals surface area contributed by atoms with Gasteiger partial charge in [0.2, 0.25) is 0 Å². The lowest BCUT2D eigenvalue weighted by atomic mass is 9.82. The second kappa shape index (κ2) is 9.82. The Morgan fingerprint density at radius 1 is 0.533 bits per heavy atom. The molecule has 0 radical (unpaired) electrons. The number of carbonyl (C=O) groups is 6. The molecule has 0 heterocycles. The van der Waals surface area contributed by atoms with Crippen LogP contribution in [0.4, 0.5) is 0 Å². The van der Waals surface area contributed by atoms with E-state index in [-0.39, 0.29) is 26.4 Å². The number of ketones is 2. The van der Waals surface area contributed by atoms with Crippen molar-refractivity contribution in [3.63, 3.8) is 0 Å². The number of rotatable bonds is 8. The number of fused-ring (bicyclic) bond motifs is 1. The molecule has 0 N–H and O–H groups in total. The monoisotopic (exact) mass is 426 g/mol. The molecule has 10 heteroatoms. The van der Waals surface area contributed by atoms with Gasteiger partial charge >= 0.3 is 23.9 Å². The Hall–Kier alpha value is -2.78. The van der Waals surface area contributed by atoms with Crippen molar-refractivity contribution < 1.29 is 47.7 Å². The highest BCUT2D eigenvalue weighted by molar-refractivity contribution is 6.18. The summed E-state index contributed by atoms with van der Waals surface area (Å²) in [5, 5.41) is 0. The number of Topliss-reactive ketones (excluding diaryl/α,β-unsaturated/α-hetero) is 2. The molecule has 2 saturated carbocycles. The molecule has 2 aliphatic rings. The molecule has 0 bridgehead atoms. The van der Waals surface area contributed by atoms with Crippen LogP contribution in [0.1, 0.15) is 27.7 Å². The first-order valence-corrected chi connectivity index (χ1v) is 10.0. The Morgan fingerprint density at radius 3 is 0.900 bits per heavy atom. The van der Waals surface area contributed by atoms with Crippen molar-refractivity contribution in [2.45, 2.75) is 27.7 Å². The van der Waals surface area contributed by atoms with E-state index in [2.05, 4.69) is 0 Å². The van der Waals surface area contributed by atoms with Crippen LogP contribution in [0.3, 0.4) is 0 Å². The van der Waals surface area contributed by atoms with Gasteiger partial charge in [0.1, 0.15) is 23.7 Å². The highest BCUT2D eigenvalue weighted by atomic mass is 16.5. The maximum absolute atomic E-state index is 13.1. The molecule has 0 amide bonds. The highest BCUT2D eigenvalue weighted by Gasteiger charge is 2.71. The van der Waals surface area contributed by atoms with E-state index < -0.39 is 71.0 Å². The van der Waals surface area contributed by atoms with Gasteiger partial charge in [0.15, 0.2) is 11.6 Å². The fourth-order valence-corrected chi connectivity index (χ4v) is 4.44. The Balaban J connectivity index is 2.63. The standard InChI is InChI=1S/C20H26O10/c1-5-27-17(23)11-9-10(13(15(11)21)19(25)29-7-3)14(20(26)30-8-4)16(22)12(9)18(24)28-6-2/h9-14H,5-8H2,1-4H3/t9?,10?,11-,12-,13+,14+. The lowest BCUT2D eigenvalue weighted by Crippen LogP contribution is -2.39. The van der Waals surface area contributed by atoms with Crippen molar-refractivity contribution in [2.24, 2.45) is 35.5 Å². The molecule has 0 unspecified atom stereocenters. The molecule has 0 aromatic rings. The molecule has 2 rings (SSSR count). The van der Waals surface area contributed by atoms with Crippen molar-refractivity contribution in [1.82, 2.24) is 0 Å². The van der Waals surface area contributed by atoms with E-state index in [0.29, 0.717) is 0 Å². The second-order valence-electron chi connectivity index (χ2n) is 6.88. The lowest BCUT2D eigenvalue weighted by molar-refractivity contribution is -0.158. The van der Waals surface area contributed by atoms with Crippen LogP contribution < -0.4 is 0 Å². The summed E-state index contributed by atoms with van der Waals surface area (Å²) < 4.78 is 19.9. The number of hydrogen-bond acceptors (Lipinski definition) is 10. The van der Waals surface area contributed by atoms with E-state index in [9.17, 15) is 28.8 Å². The Kier molecular flexibility index (Phi) is 7.69. The van der Waals surface area contributed by atoms with Crippen LogP contribution in [0.25, 0.3) is 0 Å². The number of hydrogen-bond donors (Lipinski definition) is 0. The van der Waals surface area contributed by atoms with Crippen LogP contribution in [0, 0.1) is 35.5 Å². The van der Waals surface area contributed by atoms with Gasteiger partial charge in [0.25, 0.3) is 0 Å². The van der Waals surface area contributed by atoms with Gasteiger partial charge in [-0.2, -0.15) is 0 Å². The molecule has 0 aromatic heterocycles. The largest absolute Gasteiger partial charge is 0.465 e. The van der Waals surface area contributed by atoms with Crippen LogP contribution in [0.5, 0.6) is 0 Å². The Labute approximate surface area is 173 Å². The summed E-state index contributed by atoms with van der Waals surface area (Å²) in [6.07, 6.45) is 0. The molecule has 0 spiro atoms. The minimum Gasteiger partial charge on any atom is -0.465 e. The van der Waals surface area contributed by atoms with Crippen molar-refractivity contribution in [2.75, 3.05) is 26.4 Å². The predicted molar refractivity (Wildman–Crippen MR) is 97.5 cm³/mol. The van der Waals surface area contributed by atoms with Crippen LogP contribution in [-0.4, -0.2) is 61.9 Å². The van der Waals surface area contributed by atoms with E-state index >= 15 is 0 Å². The van der Waals surface area contributed by atoms with Crippen molar-refractivity contribution in [3.8, 4) is 0 Å².